The summed E-state index contributed by atoms with van der Waals surface area (Å²) in [7, 11) is 0. The molecule has 1 aliphatic heterocycles. The molecule has 4 heteroatoms. The summed E-state index contributed by atoms with van der Waals surface area (Å²) in [5, 5.41) is 0.779. The Morgan fingerprint density at radius 2 is 2.00 bits per heavy atom. The normalized spacial score (nSPS) is 18.4. The second kappa shape index (κ2) is 4.69. The number of hydrogen-bond acceptors (Lipinski definition) is 3. The molecule has 1 saturated heterocycles. The molecule has 14 heavy (non-hydrogen) atoms. The van der Waals surface area contributed by atoms with Gasteiger partial charge in [0.15, 0.2) is 0 Å². The van der Waals surface area contributed by atoms with Gasteiger partial charge in [-0.2, -0.15) is 0 Å². The smallest absolute Gasteiger partial charge is 0.0771 e. The molecule has 0 saturated carbocycles. The van der Waals surface area contributed by atoms with Crippen LogP contribution in [0.3, 0.4) is 0 Å². The van der Waals surface area contributed by atoms with Crippen LogP contribution in [0, 0.1) is 0 Å². The van der Waals surface area contributed by atoms with E-state index in [1.807, 2.05) is 41.7 Å². The standard InChI is InChI=1S/C10H12ClNS2/c11-7-2-3-9(12)8(6-7)10-13-4-1-5-14-10/h2-3,6,10H,1,4-5,12H2. The topological polar surface area (TPSA) is 26.0 Å². The molecule has 2 rings (SSSR count). The lowest BCUT2D eigenvalue weighted by Gasteiger charge is -2.22. The maximum Gasteiger partial charge on any atom is 0.0771 e. The number of nitrogens with two attached hydrogens (primary N) is 1. The van der Waals surface area contributed by atoms with Crippen molar-refractivity contribution in [3.05, 3.63) is 28.8 Å². The van der Waals surface area contributed by atoms with Gasteiger partial charge in [0.05, 0.1) is 4.58 Å². The van der Waals surface area contributed by atoms with Gasteiger partial charge in [-0.3, -0.25) is 0 Å². The minimum Gasteiger partial charge on any atom is -0.398 e. The summed E-state index contributed by atoms with van der Waals surface area (Å²) in [6.07, 6.45) is 1.30. The Balaban J connectivity index is 2.24. The summed E-state index contributed by atoms with van der Waals surface area (Å²) in [5.74, 6) is 2.45. The van der Waals surface area contributed by atoms with Crippen molar-refractivity contribution in [3.8, 4) is 0 Å². The van der Waals surface area contributed by atoms with Crippen LogP contribution in [0.1, 0.15) is 16.6 Å². The molecule has 0 unspecified atom stereocenters. The summed E-state index contributed by atoms with van der Waals surface area (Å²) in [4.78, 5) is 0. The van der Waals surface area contributed by atoms with Crippen LogP contribution in [-0.4, -0.2) is 11.5 Å². The zero-order valence-electron chi connectivity index (χ0n) is 7.70. The van der Waals surface area contributed by atoms with E-state index in [0.29, 0.717) is 4.58 Å². The summed E-state index contributed by atoms with van der Waals surface area (Å²) in [6, 6.07) is 5.73. The lowest BCUT2D eigenvalue weighted by Crippen LogP contribution is -2.03. The van der Waals surface area contributed by atoms with Crippen molar-refractivity contribution in [2.45, 2.75) is 11.0 Å². The maximum atomic E-state index is 5.96. The van der Waals surface area contributed by atoms with Crippen molar-refractivity contribution in [2.75, 3.05) is 17.2 Å². The summed E-state index contributed by atoms with van der Waals surface area (Å²) < 4.78 is 0.474. The van der Waals surface area contributed by atoms with Gasteiger partial charge in [0.25, 0.3) is 0 Å². The van der Waals surface area contributed by atoms with Crippen molar-refractivity contribution in [1.29, 1.82) is 0 Å². The van der Waals surface area contributed by atoms with Crippen molar-refractivity contribution in [3.63, 3.8) is 0 Å². The average molecular weight is 246 g/mol. The number of thioether (sulfide) groups is 2. The van der Waals surface area contributed by atoms with Crippen LogP contribution in [-0.2, 0) is 0 Å². The number of anilines is 1. The van der Waals surface area contributed by atoms with E-state index in [9.17, 15) is 0 Å². The van der Waals surface area contributed by atoms with Gasteiger partial charge in [0, 0.05) is 10.7 Å². The van der Waals surface area contributed by atoms with E-state index >= 15 is 0 Å². The predicted octanol–water partition coefficient (Wildman–Crippen LogP) is 3.79. The first kappa shape index (κ1) is 10.5. The molecule has 0 atom stereocenters. The van der Waals surface area contributed by atoms with E-state index in [2.05, 4.69) is 0 Å². The molecule has 1 aliphatic rings. The van der Waals surface area contributed by atoms with E-state index in [0.717, 1.165) is 10.7 Å². The Labute approximate surface area is 97.8 Å². The number of hydrogen-bond donors (Lipinski definition) is 1. The zero-order valence-corrected chi connectivity index (χ0v) is 10.1. The third-order valence-electron chi connectivity index (χ3n) is 2.13. The first-order chi connectivity index (χ1) is 6.77. The summed E-state index contributed by atoms with van der Waals surface area (Å²) >= 11 is 9.89. The minimum atomic E-state index is 0.474. The molecule has 1 heterocycles. The molecule has 1 fully saturated rings. The number of benzene rings is 1. The second-order valence-corrected chi connectivity index (χ2v) is 6.36. The minimum absolute atomic E-state index is 0.474. The highest BCUT2D eigenvalue weighted by atomic mass is 35.5. The molecule has 76 valence electrons. The van der Waals surface area contributed by atoms with Gasteiger partial charge in [-0.25, -0.2) is 0 Å². The third kappa shape index (κ3) is 2.33. The van der Waals surface area contributed by atoms with E-state index in [4.69, 9.17) is 17.3 Å². The van der Waals surface area contributed by atoms with E-state index in [1.165, 1.54) is 23.5 Å². The van der Waals surface area contributed by atoms with Crippen LogP contribution < -0.4 is 5.73 Å². The van der Waals surface area contributed by atoms with E-state index < -0.39 is 0 Å². The first-order valence-electron chi connectivity index (χ1n) is 4.55. The Kier molecular flexibility index (Phi) is 3.52. The molecule has 0 amide bonds. The van der Waals surface area contributed by atoms with E-state index in [1.54, 1.807) is 0 Å². The fourth-order valence-electron chi connectivity index (χ4n) is 1.42. The van der Waals surface area contributed by atoms with Crippen LogP contribution in [0.5, 0.6) is 0 Å². The monoisotopic (exact) mass is 245 g/mol. The highest BCUT2D eigenvalue weighted by molar-refractivity contribution is 8.16. The highest BCUT2D eigenvalue weighted by Gasteiger charge is 2.18. The summed E-state index contributed by atoms with van der Waals surface area (Å²) in [5.41, 5.74) is 7.98. The van der Waals surface area contributed by atoms with Crippen molar-refractivity contribution in [2.24, 2.45) is 0 Å². The van der Waals surface area contributed by atoms with Crippen LogP contribution in [0.2, 0.25) is 5.02 Å². The van der Waals surface area contributed by atoms with Gasteiger partial charge in [-0.05, 0) is 41.7 Å². The molecule has 0 spiro atoms. The quantitative estimate of drug-likeness (QED) is 0.763. The van der Waals surface area contributed by atoms with Gasteiger partial charge in [0.2, 0.25) is 0 Å². The molecule has 1 aromatic rings. The lowest BCUT2D eigenvalue weighted by atomic mass is 10.2. The van der Waals surface area contributed by atoms with Crippen LogP contribution in [0.15, 0.2) is 18.2 Å². The van der Waals surface area contributed by atoms with Crippen molar-refractivity contribution >= 4 is 40.8 Å². The highest BCUT2D eigenvalue weighted by Crippen LogP contribution is 2.45. The molecule has 0 aromatic heterocycles. The SMILES string of the molecule is Nc1ccc(Cl)cc1C1SCCCS1. The molecule has 0 aliphatic carbocycles. The Morgan fingerprint density at radius 3 is 2.71 bits per heavy atom. The molecule has 1 aromatic carbocycles. The fraction of sp³-hybridized carbons (Fsp3) is 0.400. The maximum absolute atomic E-state index is 5.96. The number of nitrogen functional groups attached to an aromatic ring is 1. The largest absolute Gasteiger partial charge is 0.398 e. The van der Waals surface area contributed by atoms with Gasteiger partial charge < -0.3 is 5.73 Å². The molecule has 1 nitrogen and oxygen atoms in total. The predicted molar refractivity (Wildman–Crippen MR) is 68.1 cm³/mol. The Hall–Kier alpha value is 0.01000. The molecule has 0 bridgehead atoms. The Bertz CT molecular complexity index is 324. The van der Waals surface area contributed by atoms with Crippen molar-refractivity contribution < 1.29 is 0 Å². The average Bonchev–Trinajstić information content (AvgIpc) is 2.23. The number of rotatable bonds is 1. The van der Waals surface area contributed by atoms with Crippen molar-refractivity contribution in [1.82, 2.24) is 0 Å². The first-order valence-corrected chi connectivity index (χ1v) is 7.03. The molecular weight excluding hydrogens is 234 g/mol. The van der Waals surface area contributed by atoms with Gasteiger partial charge in [0.1, 0.15) is 0 Å². The molecule has 0 radical (unpaired) electrons. The summed E-state index contributed by atoms with van der Waals surface area (Å²) in [6.45, 7) is 0. The van der Waals surface area contributed by atoms with Gasteiger partial charge in [-0.1, -0.05) is 11.6 Å². The number of halogens is 1. The van der Waals surface area contributed by atoms with Gasteiger partial charge in [-0.15, -0.1) is 23.5 Å². The van der Waals surface area contributed by atoms with Gasteiger partial charge >= 0.3 is 0 Å². The van der Waals surface area contributed by atoms with Crippen LogP contribution in [0.4, 0.5) is 5.69 Å². The van der Waals surface area contributed by atoms with E-state index in [-0.39, 0.29) is 0 Å². The van der Waals surface area contributed by atoms with Crippen LogP contribution >= 0.6 is 35.1 Å². The Morgan fingerprint density at radius 1 is 1.29 bits per heavy atom. The lowest BCUT2D eigenvalue weighted by molar-refractivity contribution is 1.10. The van der Waals surface area contributed by atoms with Crippen LogP contribution in [0.25, 0.3) is 0 Å². The second-order valence-electron chi connectivity index (χ2n) is 3.20. The molecular formula is C10H12ClNS2. The fourth-order valence-corrected chi connectivity index (χ4v) is 4.56. The zero-order chi connectivity index (χ0) is 9.97. The third-order valence-corrected chi connectivity index (χ3v) is 5.34. The molecule has 2 N–H and O–H groups in total.